The first-order chi connectivity index (χ1) is 9.04. The average Bonchev–Trinajstić information content (AvgIpc) is 2.34. The van der Waals surface area contributed by atoms with E-state index in [1.807, 2.05) is 0 Å². The first-order valence-electron chi connectivity index (χ1n) is 5.73. The van der Waals surface area contributed by atoms with Gasteiger partial charge < -0.3 is 15.8 Å². The molecule has 0 aliphatic rings. The lowest BCUT2D eigenvalue weighted by Gasteiger charge is -2.07. The summed E-state index contributed by atoms with van der Waals surface area (Å²) < 4.78 is 17.7. The van der Waals surface area contributed by atoms with Crippen LogP contribution in [0.15, 0.2) is 27.6 Å². The average molecular weight is 349 g/mol. The van der Waals surface area contributed by atoms with Crippen LogP contribution >= 0.6 is 15.9 Å². The highest BCUT2D eigenvalue weighted by Gasteiger charge is 2.12. The van der Waals surface area contributed by atoms with Crippen molar-refractivity contribution < 1.29 is 13.7 Å². The van der Waals surface area contributed by atoms with Gasteiger partial charge in [0.25, 0.3) is 0 Å². The number of ether oxygens (including phenoxy) is 1. The third-order valence-corrected chi connectivity index (χ3v) is 4.21. The lowest BCUT2D eigenvalue weighted by atomic mass is 10.3. The largest absolute Gasteiger partial charge is 0.398 e. The summed E-state index contributed by atoms with van der Waals surface area (Å²) in [5.41, 5.74) is 6.18. The molecule has 0 spiro atoms. The second-order valence-electron chi connectivity index (χ2n) is 3.87. The van der Waals surface area contributed by atoms with Crippen molar-refractivity contribution in [2.45, 2.75) is 11.3 Å². The number of amides is 1. The highest BCUT2D eigenvalue weighted by molar-refractivity contribution is 9.10. The molecule has 1 unspecified atom stereocenters. The number of benzene rings is 1. The molecule has 106 valence electrons. The Bertz CT molecular complexity index is 468. The van der Waals surface area contributed by atoms with Crippen molar-refractivity contribution in [1.29, 1.82) is 0 Å². The van der Waals surface area contributed by atoms with Gasteiger partial charge in [0.05, 0.1) is 15.7 Å². The van der Waals surface area contributed by atoms with E-state index in [0.717, 1.165) is 10.9 Å². The lowest BCUT2D eigenvalue weighted by molar-refractivity contribution is -0.118. The number of rotatable bonds is 7. The Balaban J connectivity index is 2.48. The number of nitrogens with two attached hydrogens (primary N) is 1. The van der Waals surface area contributed by atoms with Gasteiger partial charge in [0.1, 0.15) is 5.75 Å². The topological polar surface area (TPSA) is 81.4 Å². The van der Waals surface area contributed by atoms with Gasteiger partial charge in [-0.3, -0.25) is 9.00 Å². The minimum absolute atomic E-state index is 0.0845. The van der Waals surface area contributed by atoms with Crippen molar-refractivity contribution in [1.82, 2.24) is 5.32 Å². The van der Waals surface area contributed by atoms with Crippen molar-refractivity contribution in [3.8, 4) is 0 Å². The van der Waals surface area contributed by atoms with Crippen molar-refractivity contribution >= 4 is 38.3 Å². The zero-order valence-electron chi connectivity index (χ0n) is 10.6. The number of carbonyl (C=O) groups is 1. The van der Waals surface area contributed by atoms with Crippen LogP contribution in [0.25, 0.3) is 0 Å². The normalized spacial score (nSPS) is 12.1. The van der Waals surface area contributed by atoms with Crippen LogP contribution in [0, 0.1) is 0 Å². The molecule has 0 saturated carbocycles. The Morgan fingerprint density at radius 2 is 2.26 bits per heavy atom. The van der Waals surface area contributed by atoms with Crippen LogP contribution in [0.3, 0.4) is 0 Å². The highest BCUT2D eigenvalue weighted by atomic mass is 79.9. The van der Waals surface area contributed by atoms with Gasteiger partial charge in [-0.25, -0.2) is 0 Å². The summed E-state index contributed by atoms with van der Waals surface area (Å²) in [6.07, 6.45) is 0.731. The second kappa shape index (κ2) is 8.29. The summed E-state index contributed by atoms with van der Waals surface area (Å²) in [5, 5.41) is 2.69. The van der Waals surface area contributed by atoms with Gasteiger partial charge in [0.2, 0.25) is 5.91 Å². The lowest BCUT2D eigenvalue weighted by Crippen LogP contribution is -2.29. The molecule has 0 aromatic heterocycles. The molecule has 1 amide bonds. The molecule has 1 rings (SSSR count). The van der Waals surface area contributed by atoms with Crippen molar-refractivity contribution in [3.63, 3.8) is 0 Å². The number of hydrogen-bond acceptors (Lipinski definition) is 4. The maximum atomic E-state index is 12.0. The van der Waals surface area contributed by atoms with Gasteiger partial charge in [-0.05, 0) is 24.6 Å². The SMILES string of the molecule is COCCCNC(=O)CS(=O)c1ccc(Br)cc1N. The molecule has 1 atom stereocenters. The minimum Gasteiger partial charge on any atom is -0.398 e. The van der Waals surface area contributed by atoms with E-state index < -0.39 is 10.8 Å². The number of methoxy groups -OCH3 is 1. The molecule has 0 radical (unpaired) electrons. The molecular weight excluding hydrogens is 332 g/mol. The molecule has 0 aliphatic carbocycles. The number of nitrogens with one attached hydrogen (secondary N) is 1. The fourth-order valence-electron chi connectivity index (χ4n) is 1.42. The van der Waals surface area contributed by atoms with Crippen LogP contribution in [0.1, 0.15) is 6.42 Å². The number of halogens is 1. The second-order valence-corrected chi connectivity index (χ2v) is 6.20. The summed E-state index contributed by atoms with van der Waals surface area (Å²) in [7, 11) is 0.175. The van der Waals surface area contributed by atoms with Gasteiger partial charge in [0.15, 0.2) is 0 Å². The van der Waals surface area contributed by atoms with E-state index >= 15 is 0 Å². The molecule has 1 aromatic carbocycles. The van der Waals surface area contributed by atoms with Crippen molar-refractivity contribution in [2.24, 2.45) is 0 Å². The molecule has 0 aliphatic heterocycles. The summed E-state index contributed by atoms with van der Waals surface area (Å²) in [6, 6.07) is 5.08. The zero-order valence-corrected chi connectivity index (χ0v) is 13.1. The summed E-state index contributed by atoms with van der Waals surface area (Å²) >= 11 is 3.28. The Morgan fingerprint density at radius 3 is 2.89 bits per heavy atom. The Labute approximate surface area is 123 Å². The van der Waals surface area contributed by atoms with Gasteiger partial charge >= 0.3 is 0 Å². The molecule has 19 heavy (non-hydrogen) atoms. The molecule has 7 heteroatoms. The van der Waals surface area contributed by atoms with E-state index in [-0.39, 0.29) is 11.7 Å². The molecule has 0 saturated heterocycles. The molecule has 5 nitrogen and oxygen atoms in total. The maximum Gasteiger partial charge on any atom is 0.233 e. The summed E-state index contributed by atoms with van der Waals surface area (Å²) in [6.45, 7) is 1.10. The molecule has 3 N–H and O–H groups in total. The summed E-state index contributed by atoms with van der Waals surface area (Å²) in [5.74, 6) is -0.338. The Morgan fingerprint density at radius 1 is 1.53 bits per heavy atom. The van der Waals surface area contributed by atoms with Crippen molar-refractivity contribution in [2.75, 3.05) is 31.7 Å². The molecule has 0 bridgehead atoms. The molecule has 0 fully saturated rings. The standard InChI is InChI=1S/C12H17BrN2O3S/c1-18-6-2-5-15-12(16)8-19(17)11-4-3-9(13)7-10(11)14/h3-4,7H,2,5-6,8,14H2,1H3,(H,15,16). The first kappa shape index (κ1) is 16.1. The number of anilines is 1. The minimum atomic E-state index is -1.43. The van der Waals surface area contributed by atoms with Crippen LogP contribution in [0.5, 0.6) is 0 Å². The number of carbonyl (C=O) groups excluding carboxylic acids is 1. The monoisotopic (exact) mass is 348 g/mol. The van der Waals surface area contributed by atoms with Gasteiger partial charge in [0, 0.05) is 30.4 Å². The third kappa shape index (κ3) is 5.71. The van der Waals surface area contributed by atoms with E-state index in [0.29, 0.717) is 23.7 Å². The van der Waals surface area contributed by atoms with E-state index in [1.54, 1.807) is 25.3 Å². The van der Waals surface area contributed by atoms with Crippen LogP contribution < -0.4 is 11.1 Å². The smallest absolute Gasteiger partial charge is 0.233 e. The van der Waals surface area contributed by atoms with Crippen LogP contribution in [0.4, 0.5) is 5.69 Å². The first-order valence-corrected chi connectivity index (χ1v) is 7.85. The predicted octanol–water partition coefficient (Wildman–Crippen LogP) is 1.29. The van der Waals surface area contributed by atoms with E-state index in [4.69, 9.17) is 10.5 Å². The highest BCUT2D eigenvalue weighted by Crippen LogP contribution is 2.21. The number of nitrogen functional groups attached to an aromatic ring is 1. The van der Waals surface area contributed by atoms with Gasteiger partial charge in [-0.15, -0.1) is 0 Å². The van der Waals surface area contributed by atoms with E-state index in [1.165, 1.54) is 0 Å². The zero-order chi connectivity index (χ0) is 14.3. The quantitative estimate of drug-likeness (QED) is 0.574. The predicted molar refractivity (Wildman–Crippen MR) is 79.3 cm³/mol. The van der Waals surface area contributed by atoms with E-state index in [9.17, 15) is 9.00 Å². The Hall–Kier alpha value is -0.920. The van der Waals surface area contributed by atoms with Crippen molar-refractivity contribution in [3.05, 3.63) is 22.7 Å². The summed E-state index contributed by atoms with van der Waals surface area (Å²) in [4.78, 5) is 12.1. The molecule has 0 heterocycles. The van der Waals surface area contributed by atoms with Gasteiger partial charge in [-0.2, -0.15) is 0 Å². The molecular formula is C12H17BrN2O3S. The maximum absolute atomic E-state index is 12.0. The fraction of sp³-hybridized carbons (Fsp3) is 0.417. The van der Waals surface area contributed by atoms with Crippen LogP contribution in [-0.4, -0.2) is 36.1 Å². The molecule has 1 aromatic rings. The Kier molecular flexibility index (Phi) is 7.04. The number of hydrogen-bond donors (Lipinski definition) is 2. The van der Waals surface area contributed by atoms with E-state index in [2.05, 4.69) is 21.2 Å². The van der Waals surface area contributed by atoms with Crippen LogP contribution in [-0.2, 0) is 20.3 Å². The third-order valence-electron chi connectivity index (χ3n) is 2.33. The van der Waals surface area contributed by atoms with Crippen LogP contribution in [0.2, 0.25) is 0 Å². The van der Waals surface area contributed by atoms with Gasteiger partial charge in [-0.1, -0.05) is 15.9 Å². The fourth-order valence-corrected chi connectivity index (χ4v) is 2.83.